The first-order chi connectivity index (χ1) is 10.9. The highest BCUT2D eigenvalue weighted by Gasteiger charge is 2.18. The number of aromatic nitrogens is 3. The van der Waals surface area contributed by atoms with E-state index in [0.29, 0.717) is 0 Å². The van der Waals surface area contributed by atoms with Crippen molar-refractivity contribution in [2.45, 2.75) is 13.0 Å². The molecule has 10 heteroatoms. The zero-order chi connectivity index (χ0) is 17.0. The Balaban J connectivity index is 2.28. The topological polar surface area (TPSA) is 102 Å². The lowest BCUT2D eigenvalue weighted by Crippen LogP contribution is -2.12. The fourth-order valence-electron chi connectivity index (χ4n) is 1.84. The molecule has 0 atom stereocenters. The van der Waals surface area contributed by atoms with E-state index in [4.69, 9.17) is 5.73 Å². The van der Waals surface area contributed by atoms with E-state index >= 15 is 0 Å². The van der Waals surface area contributed by atoms with Crippen molar-refractivity contribution >= 4 is 11.7 Å². The van der Waals surface area contributed by atoms with Crippen LogP contribution >= 0.6 is 0 Å². The minimum Gasteiger partial charge on any atom is -0.364 e. The molecule has 0 fully saturated rings. The molecule has 1 amide bonds. The number of primary amides is 1. The second-order valence-corrected chi connectivity index (χ2v) is 4.84. The second-order valence-electron chi connectivity index (χ2n) is 4.84. The zero-order valence-corrected chi connectivity index (χ0v) is 12.6. The van der Waals surface area contributed by atoms with Gasteiger partial charge in [0, 0.05) is 26.2 Å². The highest BCUT2D eigenvalue weighted by atomic mass is 19.1. The van der Waals surface area contributed by atoms with Crippen molar-refractivity contribution < 1.29 is 13.6 Å². The van der Waals surface area contributed by atoms with Gasteiger partial charge in [-0.2, -0.15) is 0 Å². The SMILES string of the molecule is CN(C)/N=N/c1c(C(N)=O)nnn1CCc1c(F)cccc1F. The maximum absolute atomic E-state index is 13.6. The maximum Gasteiger partial charge on any atom is 0.273 e. The van der Waals surface area contributed by atoms with E-state index in [1.807, 2.05) is 0 Å². The van der Waals surface area contributed by atoms with Crippen LogP contribution in [-0.4, -0.2) is 40.0 Å². The van der Waals surface area contributed by atoms with Crippen molar-refractivity contribution in [3.63, 3.8) is 0 Å². The predicted molar refractivity (Wildman–Crippen MR) is 76.8 cm³/mol. The molecule has 2 N–H and O–H groups in total. The number of nitrogens with two attached hydrogens (primary N) is 1. The highest BCUT2D eigenvalue weighted by Crippen LogP contribution is 2.19. The van der Waals surface area contributed by atoms with Crippen LogP contribution in [0.3, 0.4) is 0 Å². The summed E-state index contributed by atoms with van der Waals surface area (Å²) in [5.74, 6) is -2.10. The molecule has 8 nitrogen and oxygen atoms in total. The Bertz CT molecular complexity index is 722. The number of carbonyl (C=O) groups is 1. The van der Waals surface area contributed by atoms with E-state index in [1.54, 1.807) is 14.1 Å². The highest BCUT2D eigenvalue weighted by molar-refractivity contribution is 5.94. The summed E-state index contributed by atoms with van der Waals surface area (Å²) >= 11 is 0. The molecular weight excluding hydrogens is 308 g/mol. The Hall–Kier alpha value is -2.91. The lowest BCUT2D eigenvalue weighted by atomic mass is 10.1. The average Bonchev–Trinajstić information content (AvgIpc) is 2.87. The molecule has 0 aliphatic rings. The Morgan fingerprint density at radius 2 is 2.00 bits per heavy atom. The minimum atomic E-state index is -0.818. The number of nitrogens with zero attached hydrogens (tertiary/aromatic N) is 6. The molecule has 0 unspecified atom stereocenters. The lowest BCUT2D eigenvalue weighted by molar-refractivity contribution is 0.0996. The van der Waals surface area contributed by atoms with Gasteiger partial charge in [-0.15, -0.1) is 10.2 Å². The summed E-state index contributed by atoms with van der Waals surface area (Å²) in [6.07, 6.45) is 0.00452. The van der Waals surface area contributed by atoms with Crippen molar-refractivity contribution in [3.05, 3.63) is 41.1 Å². The Morgan fingerprint density at radius 3 is 2.57 bits per heavy atom. The van der Waals surface area contributed by atoms with Gasteiger partial charge in [0.25, 0.3) is 5.91 Å². The minimum absolute atomic E-state index is 0.00452. The molecule has 1 aromatic carbocycles. The first-order valence-electron chi connectivity index (χ1n) is 6.65. The van der Waals surface area contributed by atoms with Gasteiger partial charge in [0.2, 0.25) is 5.82 Å². The van der Waals surface area contributed by atoms with E-state index in [1.165, 1.54) is 27.9 Å². The van der Waals surface area contributed by atoms with E-state index in [-0.39, 0.29) is 30.0 Å². The van der Waals surface area contributed by atoms with Gasteiger partial charge < -0.3 is 5.73 Å². The molecule has 1 heterocycles. The maximum atomic E-state index is 13.6. The molecule has 2 aromatic rings. The number of hydrogen-bond acceptors (Lipinski definition) is 5. The van der Waals surface area contributed by atoms with Crippen LogP contribution in [0, 0.1) is 11.6 Å². The van der Waals surface area contributed by atoms with Gasteiger partial charge in [0.1, 0.15) is 11.6 Å². The fourth-order valence-corrected chi connectivity index (χ4v) is 1.84. The Kier molecular flexibility index (Phi) is 4.94. The molecule has 122 valence electrons. The van der Waals surface area contributed by atoms with Crippen molar-refractivity contribution in [1.29, 1.82) is 0 Å². The van der Waals surface area contributed by atoms with E-state index in [0.717, 1.165) is 0 Å². The van der Waals surface area contributed by atoms with Gasteiger partial charge in [-0.05, 0) is 18.6 Å². The lowest BCUT2D eigenvalue weighted by Gasteiger charge is -2.06. The van der Waals surface area contributed by atoms with Crippen LogP contribution in [0.1, 0.15) is 16.1 Å². The number of amides is 1. The second kappa shape index (κ2) is 6.90. The number of hydrogen-bond donors (Lipinski definition) is 1. The molecule has 0 saturated carbocycles. The summed E-state index contributed by atoms with van der Waals surface area (Å²) in [6.45, 7) is 0.0555. The fraction of sp³-hybridized carbons (Fsp3) is 0.308. The monoisotopic (exact) mass is 323 g/mol. The van der Waals surface area contributed by atoms with Gasteiger partial charge in [-0.25, -0.2) is 13.5 Å². The van der Waals surface area contributed by atoms with Crippen LogP contribution < -0.4 is 5.73 Å². The number of halogens is 2. The van der Waals surface area contributed by atoms with Gasteiger partial charge in [0.05, 0.1) is 0 Å². The summed E-state index contributed by atoms with van der Waals surface area (Å²) in [6, 6.07) is 3.62. The van der Waals surface area contributed by atoms with Crippen molar-refractivity contribution in [2.75, 3.05) is 14.1 Å². The molecule has 1 aromatic heterocycles. The number of aryl methyl sites for hydroxylation is 1. The standard InChI is InChI=1S/C13H15F2N7O/c1-21(2)19-18-13-11(12(16)23)17-20-22(13)7-6-8-9(14)4-3-5-10(8)15/h3-5H,6-7H2,1-2H3,(H2,16,23)/b19-18+. The molecule has 0 aliphatic carbocycles. The van der Waals surface area contributed by atoms with Gasteiger partial charge in [-0.3, -0.25) is 9.80 Å². The summed E-state index contributed by atoms with van der Waals surface area (Å²) < 4.78 is 28.5. The van der Waals surface area contributed by atoms with Crippen LogP contribution in [0.2, 0.25) is 0 Å². The molecule has 0 radical (unpaired) electrons. The molecule has 2 rings (SSSR count). The Morgan fingerprint density at radius 1 is 1.35 bits per heavy atom. The number of rotatable bonds is 6. The van der Waals surface area contributed by atoms with E-state index < -0.39 is 17.5 Å². The van der Waals surface area contributed by atoms with Crippen LogP contribution in [0.5, 0.6) is 0 Å². The normalized spacial score (nSPS) is 11.1. The molecule has 0 spiro atoms. The van der Waals surface area contributed by atoms with Gasteiger partial charge in [-0.1, -0.05) is 16.5 Å². The Labute approximate surface area is 130 Å². The molecular formula is C13H15F2N7O. The van der Waals surface area contributed by atoms with Crippen LogP contribution in [0.15, 0.2) is 28.5 Å². The number of benzene rings is 1. The molecule has 0 bridgehead atoms. The number of carbonyl (C=O) groups excluding carboxylic acids is 1. The van der Waals surface area contributed by atoms with Gasteiger partial charge in [0.15, 0.2) is 5.69 Å². The summed E-state index contributed by atoms with van der Waals surface area (Å²) in [5.41, 5.74) is 4.95. The third kappa shape index (κ3) is 3.84. The summed E-state index contributed by atoms with van der Waals surface area (Å²) in [7, 11) is 3.27. The average molecular weight is 323 g/mol. The van der Waals surface area contributed by atoms with Crippen LogP contribution in [0.4, 0.5) is 14.6 Å². The van der Waals surface area contributed by atoms with Crippen LogP contribution in [-0.2, 0) is 13.0 Å². The van der Waals surface area contributed by atoms with E-state index in [2.05, 4.69) is 20.6 Å². The predicted octanol–water partition coefficient (Wildman–Crippen LogP) is 1.46. The largest absolute Gasteiger partial charge is 0.364 e. The third-order valence-electron chi connectivity index (χ3n) is 2.90. The van der Waals surface area contributed by atoms with Crippen molar-refractivity contribution in [3.8, 4) is 0 Å². The van der Waals surface area contributed by atoms with Crippen LogP contribution in [0.25, 0.3) is 0 Å². The summed E-state index contributed by atoms with van der Waals surface area (Å²) in [4.78, 5) is 11.3. The van der Waals surface area contributed by atoms with E-state index in [9.17, 15) is 13.6 Å². The smallest absolute Gasteiger partial charge is 0.273 e. The first-order valence-corrected chi connectivity index (χ1v) is 6.65. The zero-order valence-electron chi connectivity index (χ0n) is 12.6. The molecule has 23 heavy (non-hydrogen) atoms. The first kappa shape index (κ1) is 16.5. The summed E-state index contributed by atoms with van der Waals surface area (Å²) in [5, 5.41) is 16.4. The third-order valence-corrected chi connectivity index (χ3v) is 2.90. The quantitative estimate of drug-likeness (QED) is 0.642. The van der Waals surface area contributed by atoms with Gasteiger partial charge >= 0.3 is 0 Å². The van der Waals surface area contributed by atoms with Crippen molar-refractivity contribution in [2.24, 2.45) is 16.1 Å². The molecule has 0 saturated heterocycles. The molecule has 0 aliphatic heterocycles. The van der Waals surface area contributed by atoms with Crippen molar-refractivity contribution in [1.82, 2.24) is 20.0 Å².